The first kappa shape index (κ1) is 53.1. The van der Waals surface area contributed by atoms with Gasteiger partial charge in [0.05, 0.1) is 32.0 Å². The first-order valence-electron chi connectivity index (χ1n) is 21.8. The van der Waals surface area contributed by atoms with Gasteiger partial charge in [0.25, 0.3) is 0 Å². The molecule has 0 aromatic heterocycles. The van der Waals surface area contributed by atoms with E-state index >= 15 is 0 Å². The molecular formula is C43H77O13P. The molecule has 0 saturated heterocycles. The molecule has 57 heavy (non-hydrogen) atoms. The molecule has 1 aliphatic carbocycles. The number of aliphatic hydroxyl groups excluding tert-OH is 4. The monoisotopic (exact) mass is 833 g/mol. The zero-order valence-electron chi connectivity index (χ0n) is 35.2. The van der Waals surface area contributed by atoms with E-state index in [1.54, 1.807) is 12.2 Å². The fourth-order valence-corrected chi connectivity index (χ4v) is 7.45. The van der Waals surface area contributed by atoms with Crippen LogP contribution in [0.5, 0.6) is 0 Å². The largest absolute Gasteiger partial charge is 0.472 e. The Morgan fingerprint density at radius 2 is 1.44 bits per heavy atom. The molecule has 1 rings (SSSR count). The Balaban J connectivity index is 2.50. The van der Waals surface area contributed by atoms with Crippen molar-refractivity contribution in [1.82, 2.24) is 0 Å². The van der Waals surface area contributed by atoms with Crippen molar-refractivity contribution >= 4 is 25.5 Å². The van der Waals surface area contributed by atoms with E-state index in [4.69, 9.17) is 19.1 Å². The Morgan fingerprint density at radius 1 is 0.825 bits per heavy atom. The molecule has 0 heterocycles. The van der Waals surface area contributed by atoms with Gasteiger partial charge in [-0.1, -0.05) is 135 Å². The van der Waals surface area contributed by atoms with Gasteiger partial charge in [-0.05, 0) is 38.0 Å². The Bertz CT molecular complexity index is 1180. The van der Waals surface area contributed by atoms with E-state index in [0.717, 1.165) is 44.4 Å². The Kier molecular flexibility index (Phi) is 30.6. The Labute approximate surface area is 342 Å². The number of unbranched alkanes of at least 4 members (excludes halogenated alkanes) is 12. The van der Waals surface area contributed by atoms with Gasteiger partial charge in [-0.3, -0.25) is 23.4 Å². The molecule has 0 aromatic carbocycles. The molecule has 0 amide bonds. The second kappa shape index (κ2) is 32.8. The number of hydrogen-bond donors (Lipinski definition) is 5. The summed E-state index contributed by atoms with van der Waals surface area (Å²) in [5.74, 6) is -1.11. The highest BCUT2D eigenvalue weighted by atomic mass is 31.2. The molecule has 14 heteroatoms. The van der Waals surface area contributed by atoms with Gasteiger partial charge in [-0.25, -0.2) is 4.57 Å². The number of hydrogen-bond acceptors (Lipinski definition) is 12. The minimum atomic E-state index is -4.69. The SMILES string of the molecule is CCCCC[C@H](O)/C=C/[C@H]1C(=O)C[C@H](O)[C@@H]1C/C=C\CCCC(=O)O[C@H](COC(=O)CCCCCCCCCCCCC(C)CC)COP(=O)(O)OC[C@@H](O)CO. The van der Waals surface area contributed by atoms with Crippen LogP contribution in [0.25, 0.3) is 0 Å². The number of phosphoric ester groups is 1. The number of aliphatic hydroxyl groups is 4. The average molecular weight is 833 g/mol. The fourth-order valence-electron chi connectivity index (χ4n) is 6.66. The highest BCUT2D eigenvalue weighted by Crippen LogP contribution is 2.43. The molecule has 1 aliphatic rings. The van der Waals surface area contributed by atoms with E-state index in [2.05, 4.69) is 25.3 Å². The van der Waals surface area contributed by atoms with Crippen LogP contribution in [0.1, 0.15) is 162 Å². The fraction of sp³-hybridized carbons (Fsp3) is 0.837. The van der Waals surface area contributed by atoms with Gasteiger partial charge in [0.15, 0.2) is 6.10 Å². The highest BCUT2D eigenvalue weighted by molar-refractivity contribution is 7.47. The van der Waals surface area contributed by atoms with Gasteiger partial charge >= 0.3 is 19.8 Å². The number of Topliss-reactive ketones (excluding diaryl/α,β-unsaturated/α-hetero) is 1. The normalized spacial score (nSPS) is 20.5. The molecule has 5 N–H and O–H groups in total. The summed E-state index contributed by atoms with van der Waals surface area (Å²) >= 11 is 0. The number of allylic oxidation sites excluding steroid dienone is 3. The summed E-state index contributed by atoms with van der Waals surface area (Å²) < 4.78 is 32.7. The third kappa shape index (κ3) is 27.4. The quantitative estimate of drug-likeness (QED) is 0.0177. The number of ether oxygens (including phenoxy) is 2. The maximum atomic E-state index is 12.7. The van der Waals surface area contributed by atoms with Crippen molar-refractivity contribution in [2.75, 3.05) is 26.4 Å². The predicted octanol–water partition coefficient (Wildman–Crippen LogP) is 7.84. The van der Waals surface area contributed by atoms with Crippen molar-refractivity contribution in [2.24, 2.45) is 17.8 Å². The molecule has 1 fully saturated rings. The zero-order valence-corrected chi connectivity index (χ0v) is 36.1. The standard InChI is InChI=1S/C43H77O13P/c1-4-6-17-23-35(45)27-28-39-38(40(47)29-41(39)48)24-19-15-16-21-26-43(50)56-37(33-55-57(51,52)54-31-36(46)30-44)32-53-42(49)25-20-14-12-10-8-7-9-11-13-18-22-34(3)5-2/h15,19,27-28,34-40,44-47H,4-14,16-18,20-26,29-33H2,1-3H3,(H,51,52)/b19-15-,28-27+/t34?,35-,36-,37+,38+,39+,40-/m0/s1. The zero-order chi connectivity index (χ0) is 42.3. The Morgan fingerprint density at radius 3 is 2.09 bits per heavy atom. The first-order chi connectivity index (χ1) is 27.3. The number of phosphoric acid groups is 1. The van der Waals surface area contributed by atoms with Crippen molar-refractivity contribution in [3.05, 3.63) is 24.3 Å². The second-order valence-electron chi connectivity index (χ2n) is 15.8. The van der Waals surface area contributed by atoms with Gasteiger partial charge in [-0.2, -0.15) is 0 Å². The Hall–Kier alpha value is -1.96. The van der Waals surface area contributed by atoms with Crippen LogP contribution in [-0.2, 0) is 37.5 Å². The molecular weight excluding hydrogens is 755 g/mol. The number of rotatable bonds is 36. The van der Waals surface area contributed by atoms with Crippen molar-refractivity contribution in [2.45, 2.75) is 186 Å². The summed E-state index contributed by atoms with van der Waals surface area (Å²) in [6.07, 6.45) is 22.3. The summed E-state index contributed by atoms with van der Waals surface area (Å²) in [4.78, 5) is 47.7. The lowest BCUT2D eigenvalue weighted by atomic mass is 9.90. The maximum Gasteiger partial charge on any atom is 0.472 e. The van der Waals surface area contributed by atoms with Crippen LogP contribution in [0.3, 0.4) is 0 Å². The number of ketones is 1. The van der Waals surface area contributed by atoms with Gasteiger partial charge in [0.2, 0.25) is 0 Å². The van der Waals surface area contributed by atoms with E-state index in [1.165, 1.54) is 51.4 Å². The smallest absolute Gasteiger partial charge is 0.462 e. The minimum absolute atomic E-state index is 0.00514. The first-order valence-corrected chi connectivity index (χ1v) is 23.3. The van der Waals surface area contributed by atoms with E-state index < -0.39 is 76.5 Å². The molecule has 0 bridgehead atoms. The van der Waals surface area contributed by atoms with Crippen LogP contribution in [0.2, 0.25) is 0 Å². The molecule has 0 aromatic rings. The third-order valence-corrected chi connectivity index (χ3v) is 11.5. The van der Waals surface area contributed by atoms with Gasteiger partial charge < -0.3 is 34.8 Å². The van der Waals surface area contributed by atoms with Gasteiger partial charge in [0.1, 0.15) is 18.5 Å². The molecule has 0 spiro atoms. The summed E-state index contributed by atoms with van der Waals surface area (Å²) in [5.41, 5.74) is 0. The predicted molar refractivity (Wildman–Crippen MR) is 220 cm³/mol. The van der Waals surface area contributed by atoms with Gasteiger partial charge in [0, 0.05) is 31.1 Å². The van der Waals surface area contributed by atoms with E-state index in [1.807, 2.05) is 12.2 Å². The van der Waals surface area contributed by atoms with Crippen molar-refractivity contribution < 1.29 is 62.8 Å². The highest BCUT2D eigenvalue weighted by Gasteiger charge is 2.39. The molecule has 1 saturated carbocycles. The van der Waals surface area contributed by atoms with Crippen molar-refractivity contribution in [3.63, 3.8) is 0 Å². The molecule has 2 unspecified atom stereocenters. The molecule has 0 radical (unpaired) electrons. The van der Waals surface area contributed by atoms with Crippen molar-refractivity contribution in [1.29, 1.82) is 0 Å². The van der Waals surface area contributed by atoms with E-state index in [0.29, 0.717) is 32.1 Å². The lowest BCUT2D eigenvalue weighted by Gasteiger charge is -2.20. The third-order valence-electron chi connectivity index (χ3n) is 10.5. The second-order valence-corrected chi connectivity index (χ2v) is 17.2. The van der Waals surface area contributed by atoms with Crippen LogP contribution < -0.4 is 0 Å². The molecule has 0 aliphatic heterocycles. The van der Waals surface area contributed by atoms with Gasteiger partial charge in [-0.15, -0.1) is 0 Å². The number of carbonyl (C=O) groups excluding carboxylic acids is 3. The number of esters is 2. The van der Waals surface area contributed by atoms with E-state index in [-0.39, 0.29) is 31.0 Å². The summed E-state index contributed by atoms with van der Waals surface area (Å²) in [5, 5.41) is 39.1. The van der Waals surface area contributed by atoms with Crippen LogP contribution in [0.4, 0.5) is 0 Å². The minimum Gasteiger partial charge on any atom is -0.462 e. The lowest BCUT2D eigenvalue weighted by Crippen LogP contribution is -2.29. The van der Waals surface area contributed by atoms with Crippen LogP contribution in [0, 0.1) is 17.8 Å². The summed E-state index contributed by atoms with van der Waals surface area (Å²) in [6, 6.07) is 0. The topological polar surface area (TPSA) is 206 Å². The summed E-state index contributed by atoms with van der Waals surface area (Å²) in [7, 11) is -4.69. The number of carbonyl (C=O) groups is 3. The van der Waals surface area contributed by atoms with Crippen LogP contribution in [0.15, 0.2) is 24.3 Å². The van der Waals surface area contributed by atoms with Crippen LogP contribution >= 0.6 is 7.82 Å². The summed E-state index contributed by atoms with van der Waals surface area (Å²) in [6.45, 7) is 4.29. The maximum absolute atomic E-state index is 12.7. The van der Waals surface area contributed by atoms with Crippen LogP contribution in [-0.4, -0.2) is 93.9 Å². The van der Waals surface area contributed by atoms with E-state index in [9.17, 15) is 39.2 Å². The lowest BCUT2D eigenvalue weighted by molar-refractivity contribution is -0.161. The van der Waals surface area contributed by atoms with Crippen molar-refractivity contribution in [3.8, 4) is 0 Å². The molecule has 332 valence electrons. The molecule has 8 atom stereocenters. The average Bonchev–Trinajstić information content (AvgIpc) is 3.46. The molecule has 13 nitrogen and oxygen atoms in total.